The van der Waals surface area contributed by atoms with E-state index in [1.54, 1.807) is 0 Å². The van der Waals surface area contributed by atoms with E-state index in [9.17, 15) is 10.2 Å². The van der Waals surface area contributed by atoms with Gasteiger partial charge in [0.2, 0.25) is 0 Å². The van der Waals surface area contributed by atoms with Crippen LogP contribution >= 0.6 is 0 Å². The highest BCUT2D eigenvalue weighted by Gasteiger charge is 2.62. The van der Waals surface area contributed by atoms with Crippen molar-refractivity contribution in [3.8, 4) is 0 Å². The van der Waals surface area contributed by atoms with Gasteiger partial charge in [0, 0.05) is 7.11 Å². The summed E-state index contributed by atoms with van der Waals surface area (Å²) >= 11 is 0. The van der Waals surface area contributed by atoms with Gasteiger partial charge in [0.25, 0.3) is 0 Å². The zero-order chi connectivity index (χ0) is 22.8. The molecule has 0 aromatic rings. The number of allylic oxidation sites excluding steroid dienone is 1. The molecule has 0 amide bonds. The molecule has 3 saturated carbocycles. The molecule has 178 valence electrons. The fraction of sp³-hybridized carbons (Fsp3) is 0.929. The van der Waals surface area contributed by atoms with Gasteiger partial charge in [-0.25, -0.2) is 0 Å². The molecule has 0 aliphatic heterocycles. The largest absolute Gasteiger partial charge is 0.390 e. The van der Waals surface area contributed by atoms with Crippen LogP contribution in [-0.4, -0.2) is 34.6 Å². The van der Waals surface area contributed by atoms with Gasteiger partial charge in [-0.15, -0.1) is 0 Å². The first-order valence-corrected chi connectivity index (χ1v) is 13.0. The van der Waals surface area contributed by atoms with Crippen molar-refractivity contribution in [2.45, 2.75) is 117 Å². The second kappa shape index (κ2) is 7.84. The van der Waals surface area contributed by atoms with Gasteiger partial charge in [0.05, 0.1) is 17.3 Å². The summed E-state index contributed by atoms with van der Waals surface area (Å²) in [6, 6.07) is 0. The van der Waals surface area contributed by atoms with Crippen molar-refractivity contribution in [2.75, 3.05) is 7.11 Å². The summed E-state index contributed by atoms with van der Waals surface area (Å²) in [7, 11) is 1.94. The number of ether oxygens (including phenoxy) is 1. The highest BCUT2D eigenvalue weighted by Crippen LogP contribution is 2.68. The van der Waals surface area contributed by atoms with Gasteiger partial charge in [0.1, 0.15) is 0 Å². The monoisotopic (exact) mass is 432 g/mol. The number of hydrogen-bond acceptors (Lipinski definition) is 3. The summed E-state index contributed by atoms with van der Waals surface area (Å²) in [5.74, 6) is 3.42. The molecule has 3 nitrogen and oxygen atoms in total. The van der Waals surface area contributed by atoms with Gasteiger partial charge in [-0.05, 0) is 119 Å². The van der Waals surface area contributed by atoms with Crippen molar-refractivity contribution >= 4 is 0 Å². The molecule has 0 aromatic carbocycles. The van der Waals surface area contributed by atoms with Crippen LogP contribution in [0.5, 0.6) is 0 Å². The summed E-state index contributed by atoms with van der Waals surface area (Å²) in [6.07, 6.45) is 12.7. The molecule has 0 aromatic heterocycles. The Bertz CT molecular complexity index is 704. The first-order valence-electron chi connectivity index (χ1n) is 13.0. The van der Waals surface area contributed by atoms with Crippen LogP contribution in [-0.2, 0) is 4.74 Å². The Morgan fingerprint density at radius 3 is 2.55 bits per heavy atom. The second-order valence-corrected chi connectivity index (χ2v) is 13.3. The first-order chi connectivity index (χ1) is 14.3. The van der Waals surface area contributed by atoms with Crippen LogP contribution in [0.1, 0.15) is 99.3 Å². The second-order valence-electron chi connectivity index (χ2n) is 13.3. The van der Waals surface area contributed by atoms with Gasteiger partial charge in [-0.3, -0.25) is 0 Å². The highest BCUT2D eigenvalue weighted by atomic mass is 16.5. The van der Waals surface area contributed by atoms with Crippen LogP contribution in [0.4, 0.5) is 0 Å². The predicted octanol–water partition coefficient (Wildman–Crippen LogP) is 6.13. The van der Waals surface area contributed by atoms with Gasteiger partial charge < -0.3 is 14.9 Å². The van der Waals surface area contributed by atoms with Crippen LogP contribution in [0.3, 0.4) is 0 Å². The zero-order valence-corrected chi connectivity index (χ0v) is 21.2. The lowest BCUT2D eigenvalue weighted by molar-refractivity contribution is -0.146. The van der Waals surface area contributed by atoms with Gasteiger partial charge in [-0.2, -0.15) is 0 Å². The summed E-state index contributed by atoms with van der Waals surface area (Å²) in [4.78, 5) is 0. The van der Waals surface area contributed by atoms with E-state index in [-0.39, 0.29) is 5.41 Å². The van der Waals surface area contributed by atoms with Crippen molar-refractivity contribution in [1.82, 2.24) is 0 Å². The molecule has 2 N–H and O–H groups in total. The molecule has 3 fully saturated rings. The Kier molecular flexibility index (Phi) is 6.01. The molecule has 0 unspecified atom stereocenters. The molecule has 0 heterocycles. The normalized spacial score (nSPS) is 48.4. The predicted molar refractivity (Wildman–Crippen MR) is 127 cm³/mol. The Hall–Kier alpha value is -0.380. The Morgan fingerprint density at radius 1 is 1.19 bits per heavy atom. The third kappa shape index (κ3) is 4.06. The minimum Gasteiger partial charge on any atom is -0.390 e. The minimum atomic E-state index is -0.568. The molecular weight excluding hydrogens is 384 g/mol. The Morgan fingerprint density at radius 2 is 1.90 bits per heavy atom. The van der Waals surface area contributed by atoms with E-state index in [4.69, 9.17) is 4.74 Å². The lowest BCUT2D eigenvalue weighted by Crippen LogP contribution is -2.57. The van der Waals surface area contributed by atoms with Crippen LogP contribution < -0.4 is 0 Å². The fourth-order valence-electron chi connectivity index (χ4n) is 8.88. The molecular formula is C28H48O3. The lowest BCUT2D eigenvalue weighted by Gasteiger charge is -2.61. The molecule has 4 aliphatic carbocycles. The van der Waals surface area contributed by atoms with Crippen molar-refractivity contribution < 1.29 is 14.9 Å². The standard InChI is InChI=1S/C28H48O3/c1-18(12-13-25(2,3)29)21-10-11-22-20-9-8-19-16-26(4,30)14-15-27(19,5)24(20)23(31-7)17-28(21,22)6/h8,18,20-24,29-30H,9-17H2,1-7H3/t18-,20+,21-,22+,23+,24-,26+,27+,28-/m1/s1. The molecule has 0 spiro atoms. The number of aliphatic hydroxyl groups is 2. The minimum absolute atomic E-state index is 0.178. The number of fused-ring (bicyclic) bond motifs is 5. The fourth-order valence-corrected chi connectivity index (χ4v) is 8.88. The zero-order valence-electron chi connectivity index (χ0n) is 21.2. The molecule has 0 radical (unpaired) electrons. The molecule has 4 aliphatic rings. The summed E-state index contributed by atoms with van der Waals surface area (Å²) in [5, 5.41) is 21.0. The van der Waals surface area contributed by atoms with Crippen LogP contribution in [0, 0.1) is 40.4 Å². The quantitative estimate of drug-likeness (QED) is 0.514. The average Bonchev–Trinajstić information content (AvgIpc) is 3.02. The summed E-state index contributed by atoms with van der Waals surface area (Å²) in [5.41, 5.74) is 0.906. The smallest absolute Gasteiger partial charge is 0.0657 e. The average molecular weight is 433 g/mol. The lowest BCUT2D eigenvalue weighted by atomic mass is 9.45. The maximum Gasteiger partial charge on any atom is 0.0657 e. The van der Waals surface area contributed by atoms with Crippen molar-refractivity contribution in [2.24, 2.45) is 40.4 Å². The van der Waals surface area contributed by atoms with E-state index in [2.05, 4.69) is 26.8 Å². The maximum atomic E-state index is 10.8. The topological polar surface area (TPSA) is 49.7 Å². The van der Waals surface area contributed by atoms with E-state index in [1.807, 2.05) is 27.9 Å². The van der Waals surface area contributed by atoms with Gasteiger partial charge in [-0.1, -0.05) is 32.4 Å². The molecule has 4 rings (SSSR count). The van der Waals surface area contributed by atoms with E-state index < -0.39 is 11.2 Å². The molecule has 3 heteroatoms. The molecule has 9 atom stereocenters. The molecule has 0 saturated heterocycles. The summed E-state index contributed by atoms with van der Waals surface area (Å²) in [6.45, 7) is 13.4. The SMILES string of the molecule is CO[C@H]1C[C@]2(C)[C@@H]([C@H](C)CCC(C)(C)O)CC[C@H]2[C@@H]2CC=C3C[C@@](C)(O)CC[C@]3(C)[C@H]21. The molecule has 31 heavy (non-hydrogen) atoms. The van der Waals surface area contributed by atoms with Crippen LogP contribution in [0.2, 0.25) is 0 Å². The van der Waals surface area contributed by atoms with E-state index in [0.29, 0.717) is 29.3 Å². The third-order valence-electron chi connectivity index (χ3n) is 10.6. The number of hydrogen-bond donors (Lipinski definition) is 2. The van der Waals surface area contributed by atoms with E-state index >= 15 is 0 Å². The van der Waals surface area contributed by atoms with E-state index in [0.717, 1.165) is 50.4 Å². The van der Waals surface area contributed by atoms with E-state index in [1.165, 1.54) is 24.8 Å². The Labute approximate surface area is 191 Å². The van der Waals surface area contributed by atoms with Gasteiger partial charge in [0.15, 0.2) is 0 Å². The third-order valence-corrected chi connectivity index (χ3v) is 10.6. The van der Waals surface area contributed by atoms with Gasteiger partial charge >= 0.3 is 0 Å². The molecule has 0 bridgehead atoms. The van der Waals surface area contributed by atoms with Crippen LogP contribution in [0.15, 0.2) is 11.6 Å². The first kappa shape index (κ1) is 23.8. The van der Waals surface area contributed by atoms with Crippen LogP contribution in [0.25, 0.3) is 0 Å². The van der Waals surface area contributed by atoms with Crippen molar-refractivity contribution in [3.63, 3.8) is 0 Å². The maximum absolute atomic E-state index is 10.8. The Balaban J connectivity index is 1.61. The number of methoxy groups -OCH3 is 1. The summed E-state index contributed by atoms with van der Waals surface area (Å²) < 4.78 is 6.31. The number of rotatable bonds is 5. The van der Waals surface area contributed by atoms with Crippen molar-refractivity contribution in [3.05, 3.63) is 11.6 Å². The highest BCUT2D eigenvalue weighted by molar-refractivity contribution is 5.28. The van der Waals surface area contributed by atoms with Crippen molar-refractivity contribution in [1.29, 1.82) is 0 Å².